The maximum Gasteiger partial charge on any atom is 0.407 e. The van der Waals surface area contributed by atoms with Gasteiger partial charge in [0.15, 0.2) is 0 Å². The van der Waals surface area contributed by atoms with Crippen molar-refractivity contribution in [3.05, 3.63) is 65.5 Å². The molecule has 1 aromatic heterocycles. The molecule has 1 saturated heterocycles. The second-order valence-electron chi connectivity index (χ2n) is 6.26. The van der Waals surface area contributed by atoms with Crippen LogP contribution in [0.2, 0.25) is 0 Å². The van der Waals surface area contributed by atoms with Gasteiger partial charge in [0.25, 0.3) is 5.92 Å². The molecular weight excluding hydrogens is 340 g/mol. The van der Waals surface area contributed by atoms with Crippen molar-refractivity contribution in [3.8, 4) is 0 Å². The molecule has 0 spiro atoms. The fourth-order valence-electron chi connectivity index (χ4n) is 2.93. The van der Waals surface area contributed by atoms with E-state index >= 15 is 0 Å². The lowest BCUT2D eigenvalue weighted by atomic mass is 9.88. The number of carbonyl (C=O) groups is 1. The normalized spacial score (nSPS) is 18.9. The van der Waals surface area contributed by atoms with Crippen LogP contribution in [-0.2, 0) is 17.9 Å². The zero-order valence-corrected chi connectivity index (χ0v) is 14.3. The van der Waals surface area contributed by atoms with Crippen LogP contribution in [0, 0.1) is 0 Å². The number of piperidine rings is 1. The molecule has 5 nitrogen and oxygen atoms in total. The van der Waals surface area contributed by atoms with Crippen molar-refractivity contribution in [2.45, 2.75) is 31.4 Å². The van der Waals surface area contributed by atoms with Gasteiger partial charge in [0.1, 0.15) is 6.61 Å². The second kappa shape index (κ2) is 8.23. The van der Waals surface area contributed by atoms with Crippen molar-refractivity contribution < 1.29 is 18.3 Å². The number of ether oxygens (including phenoxy) is 1. The van der Waals surface area contributed by atoms with Crippen LogP contribution in [0.1, 0.15) is 29.2 Å². The molecule has 138 valence electrons. The highest BCUT2D eigenvalue weighted by Gasteiger charge is 2.42. The summed E-state index contributed by atoms with van der Waals surface area (Å²) in [6.45, 7) is 0.826. The van der Waals surface area contributed by atoms with Gasteiger partial charge < -0.3 is 15.4 Å². The average Bonchev–Trinajstić information content (AvgIpc) is 2.65. The Morgan fingerprint density at radius 3 is 2.88 bits per heavy atom. The van der Waals surface area contributed by atoms with Gasteiger partial charge in [0, 0.05) is 25.7 Å². The first-order chi connectivity index (χ1) is 12.5. The Hall–Kier alpha value is -2.54. The van der Waals surface area contributed by atoms with E-state index in [1.807, 2.05) is 30.3 Å². The van der Waals surface area contributed by atoms with Crippen LogP contribution < -0.4 is 10.6 Å². The van der Waals surface area contributed by atoms with Gasteiger partial charge in [0.2, 0.25) is 0 Å². The maximum absolute atomic E-state index is 14.1. The first kappa shape index (κ1) is 18.3. The van der Waals surface area contributed by atoms with E-state index in [1.165, 1.54) is 6.20 Å². The van der Waals surface area contributed by atoms with E-state index in [4.69, 9.17) is 4.74 Å². The lowest BCUT2D eigenvalue weighted by Crippen LogP contribution is -2.43. The third-order valence-electron chi connectivity index (χ3n) is 4.36. The second-order valence-corrected chi connectivity index (χ2v) is 6.26. The minimum absolute atomic E-state index is 0.118. The van der Waals surface area contributed by atoms with Gasteiger partial charge in [-0.3, -0.25) is 4.98 Å². The zero-order chi connectivity index (χ0) is 18.4. The molecule has 0 saturated carbocycles. The van der Waals surface area contributed by atoms with Crippen LogP contribution in [0.4, 0.5) is 13.6 Å². The molecule has 0 radical (unpaired) electrons. The highest BCUT2D eigenvalue weighted by Crippen LogP contribution is 2.37. The first-order valence-electron chi connectivity index (χ1n) is 8.52. The minimum atomic E-state index is -2.74. The molecule has 2 N–H and O–H groups in total. The largest absolute Gasteiger partial charge is 0.445 e. The molecule has 1 atom stereocenters. The quantitative estimate of drug-likeness (QED) is 0.858. The highest BCUT2D eigenvalue weighted by molar-refractivity contribution is 5.67. The lowest BCUT2D eigenvalue weighted by Gasteiger charge is -2.32. The number of alkyl halides is 2. The number of alkyl carbamates (subject to hydrolysis) is 1. The maximum atomic E-state index is 14.1. The topological polar surface area (TPSA) is 63.2 Å². The summed E-state index contributed by atoms with van der Waals surface area (Å²) in [6.07, 6.45) is 0.733. The minimum Gasteiger partial charge on any atom is -0.445 e. The molecule has 0 aliphatic carbocycles. The summed E-state index contributed by atoms with van der Waals surface area (Å²) in [5.41, 5.74) is 1.92. The van der Waals surface area contributed by atoms with Crippen LogP contribution in [0.25, 0.3) is 0 Å². The molecule has 1 fully saturated rings. The van der Waals surface area contributed by atoms with Gasteiger partial charge in [-0.2, -0.15) is 0 Å². The van der Waals surface area contributed by atoms with Crippen molar-refractivity contribution >= 4 is 6.09 Å². The SMILES string of the molecule is O=C(NCc1cc(C2CNCCC2(F)F)ccn1)OCc1ccccc1. The van der Waals surface area contributed by atoms with Gasteiger partial charge in [-0.05, 0) is 23.3 Å². The number of rotatable bonds is 5. The summed E-state index contributed by atoms with van der Waals surface area (Å²) in [5, 5.41) is 5.59. The standard InChI is InChI=1S/C19H21F2N3O2/c20-19(21)7-9-22-12-17(19)15-6-8-23-16(10-15)11-24-18(25)26-13-14-4-2-1-3-5-14/h1-6,8,10,17,22H,7,9,11-13H2,(H,24,25). The van der Waals surface area contributed by atoms with E-state index in [2.05, 4.69) is 15.6 Å². The average molecular weight is 361 g/mol. The van der Waals surface area contributed by atoms with Gasteiger partial charge in [-0.1, -0.05) is 30.3 Å². The number of amides is 1. The number of carbonyl (C=O) groups excluding carboxylic acids is 1. The fraction of sp³-hybridized carbons (Fsp3) is 0.368. The monoisotopic (exact) mass is 361 g/mol. The molecule has 0 bridgehead atoms. The molecule has 1 amide bonds. The number of hydrogen-bond acceptors (Lipinski definition) is 4. The van der Waals surface area contributed by atoms with Crippen molar-refractivity contribution in [3.63, 3.8) is 0 Å². The third kappa shape index (κ3) is 4.76. The zero-order valence-electron chi connectivity index (χ0n) is 14.3. The van der Waals surface area contributed by atoms with Crippen molar-refractivity contribution in [1.82, 2.24) is 15.6 Å². The number of halogens is 2. The Balaban J connectivity index is 1.54. The predicted octanol–water partition coefficient (Wildman–Crippen LogP) is 3.22. The molecule has 2 heterocycles. The summed E-state index contributed by atoms with van der Waals surface area (Å²) in [4.78, 5) is 15.9. The van der Waals surface area contributed by atoms with E-state index in [0.29, 0.717) is 17.8 Å². The van der Waals surface area contributed by atoms with E-state index < -0.39 is 17.9 Å². The first-order valence-corrected chi connectivity index (χ1v) is 8.52. The fourth-order valence-corrected chi connectivity index (χ4v) is 2.93. The van der Waals surface area contributed by atoms with Crippen molar-refractivity contribution in [2.24, 2.45) is 0 Å². The van der Waals surface area contributed by atoms with Crippen LogP contribution in [-0.4, -0.2) is 30.1 Å². The Bertz CT molecular complexity index is 741. The van der Waals surface area contributed by atoms with Crippen LogP contribution >= 0.6 is 0 Å². The Morgan fingerprint density at radius 2 is 2.12 bits per heavy atom. The van der Waals surface area contributed by atoms with Crippen LogP contribution in [0.3, 0.4) is 0 Å². The third-order valence-corrected chi connectivity index (χ3v) is 4.36. The highest BCUT2D eigenvalue weighted by atomic mass is 19.3. The number of nitrogens with one attached hydrogen (secondary N) is 2. The number of aromatic nitrogens is 1. The molecule has 2 aromatic rings. The number of hydrogen-bond donors (Lipinski definition) is 2. The summed E-state index contributed by atoms with van der Waals surface area (Å²) in [5.74, 6) is -3.63. The Labute approximate surface area is 150 Å². The molecule has 26 heavy (non-hydrogen) atoms. The number of nitrogens with zero attached hydrogens (tertiary/aromatic N) is 1. The molecule has 3 rings (SSSR count). The molecule has 1 aliphatic heterocycles. The van der Waals surface area contributed by atoms with Crippen molar-refractivity contribution in [1.29, 1.82) is 0 Å². The molecule has 1 aromatic carbocycles. The lowest BCUT2D eigenvalue weighted by molar-refractivity contribution is -0.0479. The predicted molar refractivity (Wildman–Crippen MR) is 92.9 cm³/mol. The van der Waals surface area contributed by atoms with Crippen LogP contribution in [0.5, 0.6) is 0 Å². The molecule has 7 heteroatoms. The van der Waals surface area contributed by atoms with Crippen molar-refractivity contribution in [2.75, 3.05) is 13.1 Å². The summed E-state index contributed by atoms with van der Waals surface area (Å²) in [6, 6.07) is 12.5. The number of pyridine rings is 1. The number of benzene rings is 1. The Morgan fingerprint density at radius 1 is 1.31 bits per heavy atom. The smallest absolute Gasteiger partial charge is 0.407 e. The van der Waals surface area contributed by atoms with E-state index in [-0.39, 0.29) is 26.1 Å². The molecule has 1 unspecified atom stereocenters. The molecule has 1 aliphatic rings. The summed E-state index contributed by atoms with van der Waals surface area (Å²) >= 11 is 0. The molecular formula is C19H21F2N3O2. The Kier molecular flexibility index (Phi) is 5.78. The summed E-state index contributed by atoms with van der Waals surface area (Å²) in [7, 11) is 0. The van der Waals surface area contributed by atoms with Crippen LogP contribution in [0.15, 0.2) is 48.7 Å². The van der Waals surface area contributed by atoms with Gasteiger partial charge in [0.05, 0.1) is 18.2 Å². The van der Waals surface area contributed by atoms with Gasteiger partial charge in [-0.25, -0.2) is 13.6 Å². The van der Waals surface area contributed by atoms with E-state index in [1.54, 1.807) is 12.1 Å². The summed E-state index contributed by atoms with van der Waals surface area (Å²) < 4.78 is 33.3. The van der Waals surface area contributed by atoms with E-state index in [0.717, 1.165) is 5.56 Å². The van der Waals surface area contributed by atoms with Gasteiger partial charge in [-0.15, -0.1) is 0 Å². The van der Waals surface area contributed by atoms with E-state index in [9.17, 15) is 13.6 Å². The van der Waals surface area contributed by atoms with Gasteiger partial charge >= 0.3 is 6.09 Å².